The first-order chi connectivity index (χ1) is 7.68. The van der Waals surface area contributed by atoms with Crippen molar-refractivity contribution in [3.05, 3.63) is 35.6 Å². The van der Waals surface area contributed by atoms with Crippen LogP contribution in [0.2, 0.25) is 0 Å². The molecule has 0 spiro atoms. The van der Waals surface area contributed by atoms with Gasteiger partial charge in [0.05, 0.1) is 5.56 Å². The van der Waals surface area contributed by atoms with E-state index in [1.807, 2.05) is 7.05 Å². The Morgan fingerprint density at radius 2 is 1.81 bits per heavy atom. The van der Waals surface area contributed by atoms with E-state index in [0.717, 1.165) is 13.1 Å². The molecule has 0 atom stereocenters. The number of benzene rings is 1. The molecule has 0 bridgehead atoms. The van der Waals surface area contributed by atoms with Crippen LogP contribution in [0.4, 0.5) is 4.39 Å². The van der Waals surface area contributed by atoms with Crippen LogP contribution in [0, 0.1) is 5.82 Å². The van der Waals surface area contributed by atoms with E-state index < -0.39 is 5.82 Å². The number of piperazine rings is 1. The molecule has 16 heavy (non-hydrogen) atoms. The van der Waals surface area contributed by atoms with Gasteiger partial charge in [0.25, 0.3) is 5.91 Å². The number of carbonyl (C=O) groups is 1. The molecule has 0 aromatic heterocycles. The van der Waals surface area contributed by atoms with Crippen molar-refractivity contribution in [2.24, 2.45) is 0 Å². The van der Waals surface area contributed by atoms with Crippen molar-refractivity contribution < 1.29 is 9.18 Å². The number of halogens is 1. The van der Waals surface area contributed by atoms with Gasteiger partial charge in [0.1, 0.15) is 5.82 Å². The first kappa shape index (κ1) is 11.1. The van der Waals surface area contributed by atoms with Crippen molar-refractivity contribution in [1.82, 2.24) is 9.80 Å². The summed E-state index contributed by atoms with van der Waals surface area (Å²) in [6.45, 7) is 3.04. The Balaban J connectivity index is 2.11. The van der Waals surface area contributed by atoms with E-state index in [1.54, 1.807) is 17.0 Å². The molecule has 4 heteroatoms. The molecule has 1 aromatic carbocycles. The molecule has 0 unspecified atom stereocenters. The number of hydrogen-bond acceptors (Lipinski definition) is 2. The van der Waals surface area contributed by atoms with Crippen LogP contribution in [-0.2, 0) is 0 Å². The minimum absolute atomic E-state index is 0.173. The summed E-state index contributed by atoms with van der Waals surface area (Å²) < 4.78 is 13.4. The van der Waals surface area contributed by atoms with Crippen molar-refractivity contribution >= 4 is 5.91 Å². The summed E-state index contributed by atoms with van der Waals surface area (Å²) in [7, 11) is 2.02. The molecule has 0 radical (unpaired) electrons. The average molecular weight is 222 g/mol. The molecule has 1 saturated heterocycles. The summed E-state index contributed by atoms with van der Waals surface area (Å²) in [5.74, 6) is -0.641. The Hall–Kier alpha value is -1.42. The Bertz CT molecular complexity index is 386. The maximum Gasteiger partial charge on any atom is 0.256 e. The Labute approximate surface area is 94.5 Å². The second kappa shape index (κ2) is 4.61. The van der Waals surface area contributed by atoms with Crippen LogP contribution in [0.1, 0.15) is 10.4 Å². The molecule has 86 valence electrons. The highest BCUT2D eigenvalue weighted by Gasteiger charge is 2.22. The Kier molecular flexibility index (Phi) is 3.19. The van der Waals surface area contributed by atoms with Gasteiger partial charge < -0.3 is 9.80 Å². The van der Waals surface area contributed by atoms with Gasteiger partial charge in [-0.25, -0.2) is 4.39 Å². The maximum absolute atomic E-state index is 13.4. The van der Waals surface area contributed by atoms with Crippen LogP contribution in [0.5, 0.6) is 0 Å². The second-order valence-electron chi connectivity index (χ2n) is 4.08. The SMILES string of the molecule is CN1CCN(C(=O)c2ccccc2F)CC1. The van der Waals surface area contributed by atoms with Crippen LogP contribution in [0.15, 0.2) is 24.3 Å². The molecule has 1 aliphatic heterocycles. The molecule has 1 amide bonds. The van der Waals surface area contributed by atoms with E-state index >= 15 is 0 Å². The normalized spacial score (nSPS) is 17.5. The highest BCUT2D eigenvalue weighted by Crippen LogP contribution is 2.11. The van der Waals surface area contributed by atoms with Crippen LogP contribution >= 0.6 is 0 Å². The van der Waals surface area contributed by atoms with E-state index in [2.05, 4.69) is 4.90 Å². The predicted octanol–water partition coefficient (Wildman–Crippen LogP) is 1.21. The third kappa shape index (κ3) is 2.22. The molecule has 1 fully saturated rings. The first-order valence-corrected chi connectivity index (χ1v) is 5.41. The minimum atomic E-state index is -0.438. The quantitative estimate of drug-likeness (QED) is 0.713. The van der Waals surface area contributed by atoms with Gasteiger partial charge in [-0.1, -0.05) is 12.1 Å². The van der Waals surface area contributed by atoms with E-state index in [-0.39, 0.29) is 11.5 Å². The number of amides is 1. The molecule has 1 heterocycles. The van der Waals surface area contributed by atoms with E-state index in [4.69, 9.17) is 0 Å². The zero-order chi connectivity index (χ0) is 11.5. The number of hydrogen-bond donors (Lipinski definition) is 0. The summed E-state index contributed by atoms with van der Waals surface area (Å²) in [4.78, 5) is 15.9. The lowest BCUT2D eigenvalue weighted by Crippen LogP contribution is -2.47. The van der Waals surface area contributed by atoms with E-state index in [0.29, 0.717) is 13.1 Å². The number of likely N-dealkylation sites (N-methyl/N-ethyl adjacent to an activating group) is 1. The van der Waals surface area contributed by atoms with Gasteiger partial charge in [-0.15, -0.1) is 0 Å². The van der Waals surface area contributed by atoms with Crippen molar-refractivity contribution in [3.8, 4) is 0 Å². The lowest BCUT2D eigenvalue weighted by atomic mass is 10.1. The number of carbonyl (C=O) groups excluding carboxylic acids is 1. The third-order valence-corrected chi connectivity index (χ3v) is 2.89. The summed E-state index contributed by atoms with van der Waals surface area (Å²) in [5, 5.41) is 0. The zero-order valence-electron chi connectivity index (χ0n) is 9.32. The summed E-state index contributed by atoms with van der Waals surface area (Å²) in [6.07, 6.45) is 0. The number of rotatable bonds is 1. The van der Waals surface area contributed by atoms with Crippen molar-refractivity contribution in [1.29, 1.82) is 0 Å². The molecule has 2 rings (SSSR count). The maximum atomic E-state index is 13.4. The molecule has 0 saturated carbocycles. The van der Waals surface area contributed by atoms with Crippen LogP contribution in [0.3, 0.4) is 0 Å². The predicted molar refractivity (Wildman–Crippen MR) is 59.8 cm³/mol. The molecular formula is C12H15FN2O. The molecule has 0 N–H and O–H groups in total. The lowest BCUT2D eigenvalue weighted by Gasteiger charge is -2.32. The molecular weight excluding hydrogens is 207 g/mol. The highest BCUT2D eigenvalue weighted by molar-refractivity contribution is 5.94. The standard InChI is InChI=1S/C12H15FN2O/c1-14-6-8-15(9-7-14)12(16)10-4-2-3-5-11(10)13/h2-5H,6-9H2,1H3. The first-order valence-electron chi connectivity index (χ1n) is 5.41. The van der Waals surface area contributed by atoms with E-state index in [9.17, 15) is 9.18 Å². The molecule has 0 aliphatic carbocycles. The largest absolute Gasteiger partial charge is 0.336 e. The van der Waals surface area contributed by atoms with Gasteiger partial charge in [-0.2, -0.15) is 0 Å². The van der Waals surface area contributed by atoms with E-state index in [1.165, 1.54) is 12.1 Å². The van der Waals surface area contributed by atoms with Crippen LogP contribution in [0.25, 0.3) is 0 Å². The minimum Gasteiger partial charge on any atom is -0.336 e. The van der Waals surface area contributed by atoms with Gasteiger partial charge in [0.2, 0.25) is 0 Å². The summed E-state index contributed by atoms with van der Waals surface area (Å²) in [5.41, 5.74) is 0.173. The zero-order valence-corrected chi connectivity index (χ0v) is 9.32. The van der Waals surface area contributed by atoms with Crippen molar-refractivity contribution in [2.45, 2.75) is 0 Å². The monoisotopic (exact) mass is 222 g/mol. The molecule has 1 aliphatic rings. The fraction of sp³-hybridized carbons (Fsp3) is 0.417. The van der Waals surface area contributed by atoms with Crippen LogP contribution < -0.4 is 0 Å². The van der Waals surface area contributed by atoms with Crippen LogP contribution in [-0.4, -0.2) is 48.9 Å². The van der Waals surface area contributed by atoms with Crippen molar-refractivity contribution in [3.63, 3.8) is 0 Å². The Morgan fingerprint density at radius 3 is 2.44 bits per heavy atom. The smallest absolute Gasteiger partial charge is 0.256 e. The fourth-order valence-electron chi connectivity index (χ4n) is 1.81. The molecule has 1 aromatic rings. The third-order valence-electron chi connectivity index (χ3n) is 2.89. The van der Waals surface area contributed by atoms with Gasteiger partial charge >= 0.3 is 0 Å². The summed E-state index contributed by atoms with van der Waals surface area (Å²) >= 11 is 0. The second-order valence-corrected chi connectivity index (χ2v) is 4.08. The average Bonchev–Trinajstić information content (AvgIpc) is 2.30. The van der Waals surface area contributed by atoms with Gasteiger partial charge in [0, 0.05) is 26.2 Å². The van der Waals surface area contributed by atoms with Crippen molar-refractivity contribution in [2.75, 3.05) is 33.2 Å². The Morgan fingerprint density at radius 1 is 1.19 bits per heavy atom. The lowest BCUT2D eigenvalue weighted by molar-refractivity contribution is 0.0659. The van der Waals surface area contributed by atoms with Gasteiger partial charge in [0.15, 0.2) is 0 Å². The summed E-state index contributed by atoms with van der Waals surface area (Å²) in [6, 6.07) is 6.14. The number of nitrogens with zero attached hydrogens (tertiary/aromatic N) is 2. The van der Waals surface area contributed by atoms with Gasteiger partial charge in [-0.05, 0) is 19.2 Å². The topological polar surface area (TPSA) is 23.6 Å². The molecule has 3 nitrogen and oxygen atoms in total. The van der Waals surface area contributed by atoms with Gasteiger partial charge in [-0.3, -0.25) is 4.79 Å². The highest BCUT2D eigenvalue weighted by atomic mass is 19.1. The fourth-order valence-corrected chi connectivity index (χ4v) is 1.81.